The zero-order chi connectivity index (χ0) is 10.7. The Balaban J connectivity index is 3.01. The fourth-order valence-corrected chi connectivity index (χ4v) is 1.69. The van der Waals surface area contributed by atoms with Crippen LogP contribution in [-0.4, -0.2) is 15.9 Å². The van der Waals surface area contributed by atoms with Crippen molar-refractivity contribution in [2.24, 2.45) is 0 Å². The van der Waals surface area contributed by atoms with E-state index in [2.05, 4.69) is 31.9 Å². The zero-order valence-corrected chi connectivity index (χ0v) is 10.7. The molecule has 0 bridgehead atoms. The SMILES string of the molecule is Cc1cc(F)cc(C(=O)C(Br)CBr)c1. The first kappa shape index (κ1) is 11.9. The van der Waals surface area contributed by atoms with E-state index in [0.29, 0.717) is 10.9 Å². The number of carbonyl (C=O) groups is 1. The molecule has 1 unspecified atom stereocenters. The van der Waals surface area contributed by atoms with Crippen LogP contribution in [0.2, 0.25) is 0 Å². The number of aryl methyl sites for hydroxylation is 1. The normalized spacial score (nSPS) is 12.6. The number of carbonyl (C=O) groups excluding carboxylic acids is 1. The lowest BCUT2D eigenvalue weighted by atomic mass is 10.1. The summed E-state index contributed by atoms with van der Waals surface area (Å²) in [5.74, 6) is -0.480. The third-order valence-electron chi connectivity index (χ3n) is 1.75. The van der Waals surface area contributed by atoms with Crippen LogP contribution >= 0.6 is 31.9 Å². The van der Waals surface area contributed by atoms with Crippen molar-refractivity contribution in [3.05, 3.63) is 35.1 Å². The van der Waals surface area contributed by atoms with Gasteiger partial charge in [-0.3, -0.25) is 4.79 Å². The van der Waals surface area contributed by atoms with Gasteiger partial charge < -0.3 is 0 Å². The van der Waals surface area contributed by atoms with Gasteiger partial charge in [0.2, 0.25) is 0 Å². The minimum Gasteiger partial charge on any atom is -0.293 e. The summed E-state index contributed by atoms with van der Waals surface area (Å²) in [6, 6.07) is 4.34. The fraction of sp³-hybridized carbons (Fsp3) is 0.300. The smallest absolute Gasteiger partial charge is 0.177 e. The predicted octanol–water partition coefficient (Wildman–Crippen LogP) is 3.48. The molecule has 0 aliphatic carbocycles. The molecule has 0 heterocycles. The summed E-state index contributed by atoms with van der Waals surface area (Å²) in [6.45, 7) is 1.76. The molecular weight excluding hydrogens is 315 g/mol. The van der Waals surface area contributed by atoms with Crippen LogP contribution in [0.4, 0.5) is 4.39 Å². The second-order valence-corrected chi connectivity index (χ2v) is 4.76. The maximum atomic E-state index is 13.0. The Morgan fingerprint density at radius 3 is 2.64 bits per heavy atom. The van der Waals surface area contributed by atoms with Crippen LogP contribution in [0.1, 0.15) is 15.9 Å². The molecule has 14 heavy (non-hydrogen) atoms. The summed E-state index contributed by atoms with van der Waals surface area (Å²) in [7, 11) is 0. The molecule has 1 rings (SSSR count). The van der Waals surface area contributed by atoms with Crippen molar-refractivity contribution in [3.8, 4) is 0 Å². The third kappa shape index (κ3) is 2.89. The summed E-state index contributed by atoms with van der Waals surface area (Å²) in [5, 5.41) is 0.515. The second-order valence-electron chi connectivity index (χ2n) is 3.00. The molecule has 0 radical (unpaired) electrons. The molecule has 1 nitrogen and oxygen atoms in total. The van der Waals surface area contributed by atoms with Gasteiger partial charge in [-0.2, -0.15) is 0 Å². The Morgan fingerprint density at radius 1 is 1.50 bits per heavy atom. The van der Waals surface area contributed by atoms with E-state index < -0.39 is 0 Å². The number of hydrogen-bond donors (Lipinski definition) is 0. The van der Waals surface area contributed by atoms with Crippen molar-refractivity contribution in [2.75, 3.05) is 5.33 Å². The van der Waals surface area contributed by atoms with E-state index in [1.807, 2.05) is 0 Å². The standard InChI is InChI=1S/C10H9Br2FO/c1-6-2-7(4-8(13)3-6)10(14)9(12)5-11/h2-4,9H,5H2,1H3. The summed E-state index contributed by atoms with van der Waals surface area (Å²) < 4.78 is 13.0. The molecule has 76 valence electrons. The Hall–Kier alpha value is -0.220. The van der Waals surface area contributed by atoms with Gasteiger partial charge >= 0.3 is 0 Å². The molecule has 0 saturated carbocycles. The Bertz CT molecular complexity index is 332. The third-order valence-corrected chi connectivity index (χ3v) is 4.00. The van der Waals surface area contributed by atoms with Gasteiger partial charge in [-0.1, -0.05) is 31.9 Å². The molecular formula is C10H9Br2FO. The summed E-state index contributed by atoms with van der Waals surface area (Å²) in [5.41, 5.74) is 1.16. The van der Waals surface area contributed by atoms with Gasteiger partial charge in [0.25, 0.3) is 0 Å². The molecule has 0 aromatic heterocycles. The Labute approximate surface area is 99.0 Å². The van der Waals surface area contributed by atoms with E-state index in [1.54, 1.807) is 13.0 Å². The second kappa shape index (κ2) is 5.03. The number of hydrogen-bond acceptors (Lipinski definition) is 1. The highest BCUT2D eigenvalue weighted by molar-refractivity contribution is 9.12. The van der Waals surface area contributed by atoms with Crippen molar-refractivity contribution < 1.29 is 9.18 Å². The maximum Gasteiger partial charge on any atom is 0.177 e. The van der Waals surface area contributed by atoms with Gasteiger partial charge in [0.15, 0.2) is 5.78 Å². The highest BCUT2D eigenvalue weighted by Crippen LogP contribution is 2.15. The van der Waals surface area contributed by atoms with Crippen LogP contribution < -0.4 is 0 Å². The molecule has 0 saturated heterocycles. The molecule has 1 aromatic rings. The molecule has 0 aliphatic rings. The zero-order valence-electron chi connectivity index (χ0n) is 7.56. The number of alkyl halides is 2. The molecule has 0 amide bonds. The van der Waals surface area contributed by atoms with Crippen molar-refractivity contribution >= 4 is 37.6 Å². The summed E-state index contributed by atoms with van der Waals surface area (Å²) in [4.78, 5) is 11.3. The van der Waals surface area contributed by atoms with Crippen molar-refractivity contribution in [3.63, 3.8) is 0 Å². The van der Waals surface area contributed by atoms with Crippen LogP contribution in [0, 0.1) is 12.7 Å². The lowest BCUT2D eigenvalue weighted by Gasteiger charge is -2.06. The summed E-state index contributed by atoms with van der Waals surface area (Å²) >= 11 is 6.40. The molecule has 1 aromatic carbocycles. The number of Topliss-reactive ketones (excluding diaryl/α,β-unsaturated/α-hetero) is 1. The van der Waals surface area contributed by atoms with Crippen LogP contribution in [0.15, 0.2) is 18.2 Å². The van der Waals surface area contributed by atoms with Crippen LogP contribution in [-0.2, 0) is 0 Å². The van der Waals surface area contributed by atoms with Gasteiger partial charge in [-0.15, -0.1) is 0 Å². The molecule has 1 atom stereocenters. The quantitative estimate of drug-likeness (QED) is 0.615. The monoisotopic (exact) mass is 322 g/mol. The minimum atomic E-state index is -0.373. The van der Waals surface area contributed by atoms with Gasteiger partial charge in [0.05, 0.1) is 4.83 Å². The van der Waals surface area contributed by atoms with Crippen LogP contribution in [0.25, 0.3) is 0 Å². The number of ketones is 1. The van der Waals surface area contributed by atoms with Crippen LogP contribution in [0.5, 0.6) is 0 Å². The Morgan fingerprint density at radius 2 is 2.14 bits per heavy atom. The minimum absolute atomic E-state index is 0.107. The topological polar surface area (TPSA) is 17.1 Å². The highest BCUT2D eigenvalue weighted by Gasteiger charge is 2.16. The van der Waals surface area contributed by atoms with Crippen molar-refractivity contribution in [2.45, 2.75) is 11.8 Å². The van der Waals surface area contributed by atoms with Gasteiger partial charge in [-0.05, 0) is 30.7 Å². The molecule has 0 N–H and O–H groups in total. The van der Waals surface area contributed by atoms with E-state index in [1.165, 1.54) is 12.1 Å². The molecule has 0 aliphatic heterocycles. The number of benzene rings is 1. The van der Waals surface area contributed by atoms with Crippen LogP contribution in [0.3, 0.4) is 0 Å². The van der Waals surface area contributed by atoms with Crippen molar-refractivity contribution in [1.82, 2.24) is 0 Å². The van der Waals surface area contributed by atoms with E-state index in [4.69, 9.17) is 0 Å². The number of rotatable bonds is 3. The molecule has 0 fully saturated rings. The lowest BCUT2D eigenvalue weighted by molar-refractivity contribution is 0.0997. The molecule has 4 heteroatoms. The highest BCUT2D eigenvalue weighted by atomic mass is 79.9. The molecule has 0 spiro atoms. The first-order valence-corrected chi connectivity index (χ1v) is 6.09. The van der Waals surface area contributed by atoms with E-state index >= 15 is 0 Å². The Kier molecular flexibility index (Phi) is 4.26. The first-order valence-electron chi connectivity index (χ1n) is 4.06. The fourth-order valence-electron chi connectivity index (χ4n) is 1.13. The van der Waals surface area contributed by atoms with Gasteiger partial charge in [0, 0.05) is 10.9 Å². The largest absolute Gasteiger partial charge is 0.293 e. The first-order chi connectivity index (χ1) is 6.54. The van der Waals surface area contributed by atoms with E-state index in [9.17, 15) is 9.18 Å². The average Bonchev–Trinajstić information content (AvgIpc) is 2.14. The average molecular weight is 324 g/mol. The van der Waals surface area contributed by atoms with Gasteiger partial charge in [-0.25, -0.2) is 4.39 Å². The van der Waals surface area contributed by atoms with Crippen molar-refractivity contribution in [1.29, 1.82) is 0 Å². The predicted molar refractivity (Wildman–Crippen MR) is 62.0 cm³/mol. The van der Waals surface area contributed by atoms with E-state index in [-0.39, 0.29) is 16.4 Å². The maximum absolute atomic E-state index is 13.0. The number of halogens is 3. The summed E-state index contributed by atoms with van der Waals surface area (Å²) in [6.07, 6.45) is 0. The van der Waals surface area contributed by atoms with Gasteiger partial charge in [0.1, 0.15) is 5.82 Å². The lowest BCUT2D eigenvalue weighted by Crippen LogP contribution is -2.15. The van der Waals surface area contributed by atoms with E-state index in [0.717, 1.165) is 5.56 Å².